The Balaban J connectivity index is 3.06. The van der Waals surface area contributed by atoms with Crippen LogP contribution in [-0.2, 0) is 15.7 Å². The van der Waals surface area contributed by atoms with Gasteiger partial charge in [0.05, 0.1) is 19.3 Å². The van der Waals surface area contributed by atoms with E-state index < -0.39 is 17.7 Å². The third-order valence-electron chi connectivity index (χ3n) is 2.09. The van der Waals surface area contributed by atoms with E-state index in [4.69, 9.17) is 4.74 Å². The van der Waals surface area contributed by atoms with Crippen molar-refractivity contribution in [1.82, 2.24) is 4.98 Å². The highest BCUT2D eigenvalue weighted by Gasteiger charge is 2.31. The van der Waals surface area contributed by atoms with Gasteiger partial charge >= 0.3 is 12.1 Å². The Morgan fingerprint density at radius 3 is 2.68 bits per heavy atom. The molecule has 0 aliphatic carbocycles. The average Bonchev–Trinajstić information content (AvgIpc) is 2.35. The normalized spacial score (nSPS) is 11.6. The van der Waals surface area contributed by atoms with Crippen molar-refractivity contribution in [3.63, 3.8) is 0 Å². The van der Waals surface area contributed by atoms with Crippen LogP contribution in [0.25, 0.3) is 6.08 Å². The van der Waals surface area contributed by atoms with Gasteiger partial charge in [-0.25, -0.2) is 9.78 Å². The van der Waals surface area contributed by atoms with Gasteiger partial charge in [0.1, 0.15) is 0 Å². The summed E-state index contributed by atoms with van der Waals surface area (Å²) in [6, 6.07) is 0.849. The molecule has 0 radical (unpaired) electrons. The van der Waals surface area contributed by atoms with Gasteiger partial charge in [0.25, 0.3) is 0 Å². The first-order valence-corrected chi connectivity index (χ1v) is 5.34. The van der Waals surface area contributed by atoms with Crippen molar-refractivity contribution in [1.29, 1.82) is 0 Å². The van der Waals surface area contributed by atoms with Crippen LogP contribution in [0.1, 0.15) is 18.1 Å². The molecular weight excluding hydrogens is 263 g/mol. The Labute approximate surface area is 107 Å². The summed E-state index contributed by atoms with van der Waals surface area (Å²) in [4.78, 5) is 14.6. The van der Waals surface area contributed by atoms with Crippen molar-refractivity contribution in [2.24, 2.45) is 0 Å². The van der Waals surface area contributed by atoms with E-state index in [-0.39, 0.29) is 18.1 Å². The number of ether oxygens (including phenoxy) is 2. The number of carbonyl (C=O) groups is 1. The monoisotopic (exact) mass is 275 g/mol. The molecule has 19 heavy (non-hydrogen) atoms. The number of carbonyl (C=O) groups excluding carboxylic acids is 1. The first-order valence-electron chi connectivity index (χ1n) is 5.34. The fourth-order valence-electron chi connectivity index (χ4n) is 1.26. The van der Waals surface area contributed by atoms with Gasteiger partial charge in [-0.15, -0.1) is 0 Å². The molecule has 0 saturated carbocycles. The highest BCUT2D eigenvalue weighted by Crippen LogP contribution is 2.31. The lowest BCUT2D eigenvalue weighted by Crippen LogP contribution is -2.07. The number of aromatic nitrogens is 1. The molecule has 0 N–H and O–H groups in total. The summed E-state index contributed by atoms with van der Waals surface area (Å²) >= 11 is 0. The van der Waals surface area contributed by atoms with Crippen LogP contribution in [0.3, 0.4) is 0 Å². The van der Waals surface area contributed by atoms with Gasteiger partial charge in [-0.1, -0.05) is 0 Å². The molecule has 4 nitrogen and oxygen atoms in total. The summed E-state index contributed by atoms with van der Waals surface area (Å²) in [6.07, 6.45) is -1.66. The Morgan fingerprint density at radius 2 is 2.16 bits per heavy atom. The maximum absolute atomic E-state index is 12.5. The number of alkyl halides is 3. The molecule has 0 bridgehead atoms. The van der Waals surface area contributed by atoms with Gasteiger partial charge in [0.2, 0.25) is 5.88 Å². The van der Waals surface area contributed by atoms with E-state index in [2.05, 4.69) is 9.72 Å². The molecular formula is C12H12F3NO3. The highest BCUT2D eigenvalue weighted by molar-refractivity contribution is 5.87. The van der Waals surface area contributed by atoms with Crippen molar-refractivity contribution in [2.45, 2.75) is 13.1 Å². The third-order valence-corrected chi connectivity index (χ3v) is 2.09. The third kappa shape index (κ3) is 4.27. The number of rotatable bonds is 4. The van der Waals surface area contributed by atoms with E-state index >= 15 is 0 Å². The van der Waals surface area contributed by atoms with Crippen LogP contribution in [0.5, 0.6) is 5.88 Å². The molecule has 0 amide bonds. The summed E-state index contributed by atoms with van der Waals surface area (Å²) < 4.78 is 47.0. The number of methoxy groups -OCH3 is 1. The fourth-order valence-corrected chi connectivity index (χ4v) is 1.26. The van der Waals surface area contributed by atoms with E-state index in [0.29, 0.717) is 6.20 Å². The van der Waals surface area contributed by atoms with Crippen LogP contribution in [0, 0.1) is 0 Å². The SMILES string of the molecule is CCOC(=O)C=Cc1cc(C(F)(F)F)cnc1OC. The summed E-state index contributed by atoms with van der Waals surface area (Å²) in [5.74, 6) is -0.657. The second-order valence-corrected chi connectivity index (χ2v) is 3.41. The molecule has 0 atom stereocenters. The highest BCUT2D eigenvalue weighted by atomic mass is 19.4. The van der Waals surface area contributed by atoms with E-state index in [1.165, 1.54) is 13.2 Å². The predicted octanol–water partition coefficient (Wildman–Crippen LogP) is 2.69. The van der Waals surface area contributed by atoms with Crippen LogP contribution < -0.4 is 4.74 Å². The number of nitrogens with zero attached hydrogens (tertiary/aromatic N) is 1. The molecule has 0 aliphatic heterocycles. The van der Waals surface area contributed by atoms with Crippen molar-refractivity contribution in [3.8, 4) is 5.88 Å². The second-order valence-electron chi connectivity index (χ2n) is 3.41. The minimum Gasteiger partial charge on any atom is -0.481 e. The zero-order valence-electron chi connectivity index (χ0n) is 10.3. The molecule has 0 saturated heterocycles. The lowest BCUT2D eigenvalue weighted by atomic mass is 10.2. The summed E-state index contributed by atoms with van der Waals surface area (Å²) in [5.41, 5.74) is -0.873. The maximum atomic E-state index is 12.5. The van der Waals surface area contributed by atoms with E-state index in [0.717, 1.165) is 12.1 Å². The summed E-state index contributed by atoms with van der Waals surface area (Å²) in [6.45, 7) is 1.80. The molecule has 1 aromatic heterocycles. The van der Waals surface area contributed by atoms with Gasteiger partial charge in [0.15, 0.2) is 0 Å². The Kier molecular flexibility index (Phi) is 4.91. The first-order chi connectivity index (χ1) is 8.88. The number of hydrogen-bond donors (Lipinski definition) is 0. The molecule has 7 heteroatoms. The largest absolute Gasteiger partial charge is 0.481 e. The van der Waals surface area contributed by atoms with E-state index in [1.807, 2.05) is 0 Å². The molecule has 1 rings (SSSR count). The smallest absolute Gasteiger partial charge is 0.417 e. The van der Waals surface area contributed by atoms with Crippen molar-refractivity contribution < 1.29 is 27.4 Å². The fraction of sp³-hybridized carbons (Fsp3) is 0.333. The average molecular weight is 275 g/mol. The number of hydrogen-bond acceptors (Lipinski definition) is 4. The molecule has 0 fully saturated rings. The molecule has 0 aromatic carbocycles. The topological polar surface area (TPSA) is 48.4 Å². The minimum atomic E-state index is -4.51. The first kappa shape index (κ1) is 15.0. The van der Waals surface area contributed by atoms with Gasteiger partial charge < -0.3 is 9.47 Å². The van der Waals surface area contributed by atoms with Gasteiger partial charge in [0, 0.05) is 17.8 Å². The maximum Gasteiger partial charge on any atom is 0.417 e. The number of esters is 1. The van der Waals surface area contributed by atoms with Gasteiger partial charge in [-0.3, -0.25) is 0 Å². The van der Waals surface area contributed by atoms with Gasteiger partial charge in [-0.2, -0.15) is 13.2 Å². The molecule has 0 spiro atoms. The lowest BCUT2D eigenvalue weighted by molar-refractivity contribution is -0.138. The zero-order valence-corrected chi connectivity index (χ0v) is 10.3. The molecule has 1 aromatic rings. The Morgan fingerprint density at radius 1 is 1.47 bits per heavy atom. The molecule has 104 valence electrons. The van der Waals surface area contributed by atoms with E-state index in [1.54, 1.807) is 6.92 Å². The number of pyridine rings is 1. The Bertz CT molecular complexity index is 484. The standard InChI is InChI=1S/C12H12F3NO3/c1-3-19-10(17)5-4-8-6-9(12(13,14)15)7-16-11(8)18-2/h4-7H,3H2,1-2H3. The predicted molar refractivity (Wildman–Crippen MR) is 61.5 cm³/mol. The van der Waals surface area contributed by atoms with E-state index in [9.17, 15) is 18.0 Å². The summed E-state index contributed by atoms with van der Waals surface area (Å²) in [7, 11) is 1.28. The second kappa shape index (κ2) is 6.21. The van der Waals surface area contributed by atoms with Crippen molar-refractivity contribution in [3.05, 3.63) is 29.5 Å². The quantitative estimate of drug-likeness (QED) is 0.626. The summed E-state index contributed by atoms with van der Waals surface area (Å²) in [5, 5.41) is 0. The van der Waals surface area contributed by atoms with Crippen LogP contribution in [0.2, 0.25) is 0 Å². The van der Waals surface area contributed by atoms with Crippen LogP contribution in [0.4, 0.5) is 13.2 Å². The molecule has 0 unspecified atom stereocenters. The van der Waals surface area contributed by atoms with Crippen LogP contribution >= 0.6 is 0 Å². The minimum absolute atomic E-state index is 0.00597. The zero-order chi connectivity index (χ0) is 14.5. The Hall–Kier alpha value is -2.05. The molecule has 1 heterocycles. The van der Waals surface area contributed by atoms with Gasteiger partial charge in [-0.05, 0) is 19.1 Å². The van der Waals surface area contributed by atoms with Crippen LogP contribution in [-0.4, -0.2) is 24.7 Å². The molecule has 0 aliphatic rings. The van der Waals surface area contributed by atoms with Crippen molar-refractivity contribution >= 4 is 12.0 Å². The van der Waals surface area contributed by atoms with Crippen molar-refractivity contribution in [2.75, 3.05) is 13.7 Å². The number of halogens is 3. The lowest BCUT2D eigenvalue weighted by Gasteiger charge is -2.09. The van der Waals surface area contributed by atoms with Crippen LogP contribution in [0.15, 0.2) is 18.3 Å².